The standard InChI is InChI=1S/C11H15BrN2O4S/c1-18-8-11(15)13-6-7-14-19(16,17)10-4-2-9(12)3-5-10/h2-5,14H,6-8H2,1H3,(H,13,15). The highest BCUT2D eigenvalue weighted by atomic mass is 79.9. The van der Waals surface area contributed by atoms with Crippen molar-refractivity contribution in [1.29, 1.82) is 0 Å². The molecule has 106 valence electrons. The smallest absolute Gasteiger partial charge is 0.246 e. The lowest BCUT2D eigenvalue weighted by molar-refractivity contribution is -0.124. The normalized spacial score (nSPS) is 11.3. The first-order valence-corrected chi connectivity index (χ1v) is 7.74. The van der Waals surface area contributed by atoms with E-state index in [4.69, 9.17) is 0 Å². The minimum atomic E-state index is -3.54. The summed E-state index contributed by atoms with van der Waals surface area (Å²) in [6.07, 6.45) is 0. The summed E-state index contributed by atoms with van der Waals surface area (Å²) in [5.41, 5.74) is 0. The van der Waals surface area contributed by atoms with Crippen LogP contribution in [0.4, 0.5) is 0 Å². The van der Waals surface area contributed by atoms with Gasteiger partial charge in [-0.15, -0.1) is 0 Å². The van der Waals surface area contributed by atoms with Gasteiger partial charge in [0, 0.05) is 24.7 Å². The number of carbonyl (C=O) groups is 1. The molecule has 0 bridgehead atoms. The lowest BCUT2D eigenvalue weighted by Crippen LogP contribution is -2.36. The van der Waals surface area contributed by atoms with Crippen LogP contribution in [0.25, 0.3) is 0 Å². The molecule has 0 aromatic heterocycles. The number of carbonyl (C=O) groups excluding carboxylic acids is 1. The molecule has 0 spiro atoms. The molecule has 0 aliphatic rings. The van der Waals surface area contributed by atoms with Gasteiger partial charge in [-0.1, -0.05) is 15.9 Å². The summed E-state index contributed by atoms with van der Waals surface area (Å²) in [7, 11) is -2.13. The fourth-order valence-electron chi connectivity index (χ4n) is 1.27. The third kappa shape index (κ3) is 5.68. The fourth-order valence-corrected chi connectivity index (χ4v) is 2.56. The molecule has 0 unspecified atom stereocenters. The molecule has 2 N–H and O–H groups in total. The second kappa shape index (κ2) is 7.59. The Balaban J connectivity index is 2.43. The Labute approximate surface area is 120 Å². The van der Waals surface area contributed by atoms with Crippen molar-refractivity contribution in [3.63, 3.8) is 0 Å². The van der Waals surface area contributed by atoms with Crippen LogP contribution in [-0.4, -0.2) is 41.1 Å². The van der Waals surface area contributed by atoms with Gasteiger partial charge in [0.1, 0.15) is 6.61 Å². The molecular formula is C11H15BrN2O4S. The molecule has 19 heavy (non-hydrogen) atoms. The Bertz CT molecular complexity index is 516. The van der Waals surface area contributed by atoms with Crippen molar-refractivity contribution < 1.29 is 17.9 Å². The van der Waals surface area contributed by atoms with Crippen LogP contribution < -0.4 is 10.0 Å². The molecule has 1 rings (SSSR count). The Kier molecular flexibility index (Phi) is 6.43. The van der Waals surface area contributed by atoms with Crippen molar-refractivity contribution in [1.82, 2.24) is 10.0 Å². The summed E-state index contributed by atoms with van der Waals surface area (Å²) in [6.45, 7) is 0.283. The molecule has 0 radical (unpaired) electrons. The maximum absolute atomic E-state index is 11.9. The molecule has 0 aliphatic carbocycles. The molecule has 8 heteroatoms. The summed E-state index contributed by atoms with van der Waals surface area (Å²) in [6, 6.07) is 6.29. The summed E-state index contributed by atoms with van der Waals surface area (Å²) < 4.78 is 31.5. The maximum atomic E-state index is 11.9. The Morgan fingerprint density at radius 3 is 2.47 bits per heavy atom. The molecule has 1 amide bonds. The largest absolute Gasteiger partial charge is 0.375 e. The molecule has 0 saturated heterocycles. The minimum absolute atomic E-state index is 0.0422. The highest BCUT2D eigenvalue weighted by molar-refractivity contribution is 9.10. The molecule has 0 saturated carbocycles. The van der Waals surface area contributed by atoms with Gasteiger partial charge in [-0.25, -0.2) is 13.1 Å². The van der Waals surface area contributed by atoms with Gasteiger partial charge in [-0.05, 0) is 24.3 Å². The summed E-state index contributed by atoms with van der Waals surface area (Å²) in [5, 5.41) is 2.52. The van der Waals surface area contributed by atoms with E-state index >= 15 is 0 Å². The first-order chi connectivity index (χ1) is 8.95. The molecule has 1 aromatic rings. The maximum Gasteiger partial charge on any atom is 0.246 e. The molecule has 0 fully saturated rings. The summed E-state index contributed by atoms with van der Waals surface area (Å²) >= 11 is 3.23. The molecule has 6 nitrogen and oxygen atoms in total. The van der Waals surface area contributed by atoms with Gasteiger partial charge >= 0.3 is 0 Å². The van der Waals surface area contributed by atoms with Gasteiger partial charge in [0.2, 0.25) is 15.9 Å². The van der Waals surface area contributed by atoms with Crippen molar-refractivity contribution in [2.75, 3.05) is 26.8 Å². The first-order valence-electron chi connectivity index (χ1n) is 5.46. The molecule has 0 heterocycles. The van der Waals surface area contributed by atoms with Gasteiger partial charge in [0.25, 0.3) is 0 Å². The second-order valence-electron chi connectivity index (χ2n) is 3.63. The van der Waals surface area contributed by atoms with Gasteiger partial charge in [0.05, 0.1) is 4.90 Å². The van der Waals surface area contributed by atoms with Gasteiger partial charge in [-0.2, -0.15) is 0 Å². The zero-order valence-corrected chi connectivity index (χ0v) is 12.8. The number of benzene rings is 1. The van der Waals surface area contributed by atoms with E-state index in [2.05, 4.69) is 30.7 Å². The lowest BCUT2D eigenvalue weighted by Gasteiger charge is -2.08. The number of sulfonamides is 1. The Morgan fingerprint density at radius 2 is 1.89 bits per heavy atom. The fraction of sp³-hybridized carbons (Fsp3) is 0.364. The van der Waals surface area contributed by atoms with Crippen LogP contribution in [0.15, 0.2) is 33.6 Å². The van der Waals surface area contributed by atoms with Crippen molar-refractivity contribution >= 4 is 31.9 Å². The van der Waals surface area contributed by atoms with Crippen LogP contribution in [0.2, 0.25) is 0 Å². The Morgan fingerprint density at radius 1 is 1.26 bits per heavy atom. The van der Waals surface area contributed by atoms with Gasteiger partial charge in [-0.3, -0.25) is 4.79 Å². The van der Waals surface area contributed by atoms with Crippen LogP contribution in [0.1, 0.15) is 0 Å². The summed E-state index contributed by atoms with van der Waals surface area (Å²) in [5.74, 6) is -0.287. The van der Waals surface area contributed by atoms with E-state index in [0.29, 0.717) is 0 Å². The quantitative estimate of drug-likeness (QED) is 0.701. The van der Waals surface area contributed by atoms with E-state index in [0.717, 1.165) is 4.47 Å². The molecular weight excluding hydrogens is 336 g/mol. The van der Waals surface area contributed by atoms with Gasteiger partial charge in [0.15, 0.2) is 0 Å². The predicted molar refractivity (Wildman–Crippen MR) is 74.2 cm³/mol. The number of rotatable bonds is 7. The van der Waals surface area contributed by atoms with Gasteiger partial charge < -0.3 is 10.1 Å². The van der Waals surface area contributed by atoms with E-state index < -0.39 is 10.0 Å². The Hall–Kier alpha value is -0.960. The zero-order valence-electron chi connectivity index (χ0n) is 10.3. The third-order valence-electron chi connectivity index (χ3n) is 2.14. The molecule has 0 atom stereocenters. The van der Waals surface area contributed by atoms with E-state index in [1.807, 2.05) is 0 Å². The van der Waals surface area contributed by atoms with Crippen LogP contribution in [0, 0.1) is 0 Å². The number of methoxy groups -OCH3 is 1. The van der Waals surface area contributed by atoms with E-state index in [1.165, 1.54) is 19.2 Å². The predicted octanol–water partition coefficient (Wildman–Crippen LogP) is 0.490. The highest BCUT2D eigenvalue weighted by Gasteiger charge is 2.12. The van der Waals surface area contributed by atoms with E-state index in [-0.39, 0.29) is 30.5 Å². The number of ether oxygens (including phenoxy) is 1. The number of nitrogens with one attached hydrogen (secondary N) is 2. The van der Waals surface area contributed by atoms with Crippen molar-refractivity contribution in [3.05, 3.63) is 28.7 Å². The van der Waals surface area contributed by atoms with Crippen LogP contribution in [-0.2, 0) is 19.6 Å². The first kappa shape index (κ1) is 16.1. The van der Waals surface area contributed by atoms with E-state index in [1.54, 1.807) is 12.1 Å². The van der Waals surface area contributed by atoms with Crippen molar-refractivity contribution in [2.45, 2.75) is 4.90 Å². The highest BCUT2D eigenvalue weighted by Crippen LogP contribution is 2.14. The SMILES string of the molecule is COCC(=O)NCCNS(=O)(=O)c1ccc(Br)cc1. The number of hydrogen-bond acceptors (Lipinski definition) is 4. The van der Waals surface area contributed by atoms with Crippen LogP contribution >= 0.6 is 15.9 Å². The number of halogens is 1. The molecule has 1 aromatic carbocycles. The number of amides is 1. The minimum Gasteiger partial charge on any atom is -0.375 e. The topological polar surface area (TPSA) is 84.5 Å². The van der Waals surface area contributed by atoms with E-state index in [9.17, 15) is 13.2 Å². The van der Waals surface area contributed by atoms with Crippen molar-refractivity contribution in [3.8, 4) is 0 Å². The van der Waals surface area contributed by atoms with Crippen molar-refractivity contribution in [2.24, 2.45) is 0 Å². The second-order valence-corrected chi connectivity index (χ2v) is 6.32. The number of hydrogen-bond donors (Lipinski definition) is 2. The average Bonchev–Trinajstić information content (AvgIpc) is 2.36. The van der Waals surface area contributed by atoms with Crippen LogP contribution in [0.5, 0.6) is 0 Å². The summed E-state index contributed by atoms with van der Waals surface area (Å²) in [4.78, 5) is 11.2. The monoisotopic (exact) mass is 350 g/mol. The lowest BCUT2D eigenvalue weighted by atomic mass is 10.4. The molecule has 0 aliphatic heterocycles. The average molecular weight is 351 g/mol. The third-order valence-corrected chi connectivity index (χ3v) is 4.14. The zero-order chi connectivity index (χ0) is 14.3. The van der Waals surface area contributed by atoms with Crippen LogP contribution in [0.3, 0.4) is 0 Å².